The monoisotopic (exact) mass is 218 g/mol. The SMILES string of the molecule is Br.c1n[nH]c([C@@H]2CCCN2)n1. The summed E-state index contributed by atoms with van der Waals surface area (Å²) in [6, 6.07) is 0.419. The summed E-state index contributed by atoms with van der Waals surface area (Å²) in [7, 11) is 0. The highest BCUT2D eigenvalue weighted by Crippen LogP contribution is 2.18. The summed E-state index contributed by atoms with van der Waals surface area (Å²) in [5.74, 6) is 0.970. The second-order valence-corrected chi connectivity index (χ2v) is 2.52. The van der Waals surface area contributed by atoms with Crippen molar-refractivity contribution in [3.8, 4) is 0 Å². The number of aromatic nitrogens is 3. The maximum Gasteiger partial charge on any atom is 0.141 e. The minimum absolute atomic E-state index is 0. The molecule has 1 atom stereocenters. The number of H-pyrrole nitrogens is 1. The average Bonchev–Trinajstić information content (AvgIpc) is 2.59. The Morgan fingerprint density at radius 2 is 2.45 bits per heavy atom. The van der Waals surface area contributed by atoms with Gasteiger partial charge in [-0.1, -0.05) is 0 Å². The number of nitrogens with one attached hydrogen (secondary N) is 2. The van der Waals surface area contributed by atoms with E-state index in [1.807, 2.05) is 0 Å². The van der Waals surface area contributed by atoms with Gasteiger partial charge in [-0.2, -0.15) is 5.10 Å². The van der Waals surface area contributed by atoms with Crippen LogP contribution in [0.5, 0.6) is 0 Å². The van der Waals surface area contributed by atoms with Crippen LogP contribution in [-0.2, 0) is 0 Å². The fourth-order valence-corrected chi connectivity index (χ4v) is 1.30. The van der Waals surface area contributed by atoms with Gasteiger partial charge in [-0.15, -0.1) is 17.0 Å². The van der Waals surface area contributed by atoms with Crippen LogP contribution in [-0.4, -0.2) is 21.7 Å². The van der Waals surface area contributed by atoms with E-state index >= 15 is 0 Å². The predicted octanol–water partition coefficient (Wildman–Crippen LogP) is 0.807. The van der Waals surface area contributed by atoms with Crippen LogP contribution in [0.3, 0.4) is 0 Å². The molecule has 1 aromatic rings. The van der Waals surface area contributed by atoms with Crippen molar-refractivity contribution in [3.63, 3.8) is 0 Å². The lowest BCUT2D eigenvalue weighted by molar-refractivity contribution is 0.608. The van der Waals surface area contributed by atoms with Crippen LogP contribution in [0.4, 0.5) is 0 Å². The van der Waals surface area contributed by atoms with Gasteiger partial charge in [-0.3, -0.25) is 5.10 Å². The van der Waals surface area contributed by atoms with Gasteiger partial charge in [0.25, 0.3) is 0 Å². The molecule has 1 fully saturated rings. The molecule has 62 valence electrons. The van der Waals surface area contributed by atoms with E-state index in [1.165, 1.54) is 12.8 Å². The normalized spacial score (nSPS) is 23.1. The van der Waals surface area contributed by atoms with Crippen molar-refractivity contribution in [1.29, 1.82) is 0 Å². The van der Waals surface area contributed by atoms with Gasteiger partial charge >= 0.3 is 0 Å². The first-order valence-electron chi connectivity index (χ1n) is 3.55. The fourth-order valence-electron chi connectivity index (χ4n) is 1.30. The molecule has 2 rings (SSSR count). The topological polar surface area (TPSA) is 53.6 Å². The van der Waals surface area contributed by atoms with Crippen molar-refractivity contribution < 1.29 is 0 Å². The number of aromatic amines is 1. The van der Waals surface area contributed by atoms with Crippen LogP contribution in [0.25, 0.3) is 0 Å². The standard InChI is InChI=1S/C6H10N4.BrH/c1-2-5(7-3-1)6-8-4-9-10-6;/h4-5,7H,1-3H2,(H,8,9,10);1H/t5-;/m0./s1. The number of hydrogen-bond acceptors (Lipinski definition) is 3. The lowest BCUT2D eigenvalue weighted by Crippen LogP contribution is -2.14. The number of nitrogens with zero attached hydrogens (tertiary/aromatic N) is 2. The molecule has 1 aromatic heterocycles. The van der Waals surface area contributed by atoms with Gasteiger partial charge in [0.05, 0.1) is 6.04 Å². The zero-order valence-electron chi connectivity index (χ0n) is 6.08. The van der Waals surface area contributed by atoms with E-state index in [2.05, 4.69) is 20.5 Å². The molecule has 1 saturated heterocycles. The van der Waals surface area contributed by atoms with Gasteiger partial charge in [-0.25, -0.2) is 4.98 Å². The molecule has 0 radical (unpaired) electrons. The highest BCUT2D eigenvalue weighted by Gasteiger charge is 2.17. The van der Waals surface area contributed by atoms with Crippen LogP contribution in [0.2, 0.25) is 0 Å². The van der Waals surface area contributed by atoms with Gasteiger partial charge in [0.1, 0.15) is 12.2 Å². The van der Waals surface area contributed by atoms with E-state index in [0.29, 0.717) is 6.04 Å². The van der Waals surface area contributed by atoms with Crippen LogP contribution < -0.4 is 5.32 Å². The first-order valence-corrected chi connectivity index (χ1v) is 3.55. The quantitative estimate of drug-likeness (QED) is 0.734. The van der Waals surface area contributed by atoms with Crippen molar-refractivity contribution >= 4 is 17.0 Å². The Balaban J connectivity index is 0.000000605. The third-order valence-electron chi connectivity index (χ3n) is 1.82. The molecule has 4 nitrogen and oxygen atoms in total. The molecule has 0 amide bonds. The molecule has 1 aliphatic heterocycles. The van der Waals surface area contributed by atoms with Crippen LogP contribution in [0.15, 0.2) is 6.33 Å². The summed E-state index contributed by atoms with van der Waals surface area (Å²) in [6.07, 6.45) is 3.97. The van der Waals surface area contributed by atoms with Crippen LogP contribution in [0.1, 0.15) is 24.7 Å². The zero-order valence-corrected chi connectivity index (χ0v) is 7.79. The van der Waals surface area contributed by atoms with Gasteiger partial charge < -0.3 is 5.32 Å². The maximum absolute atomic E-state index is 4.07. The Bertz CT molecular complexity index is 192. The van der Waals surface area contributed by atoms with Crippen LogP contribution in [0, 0.1) is 0 Å². The first-order chi connectivity index (χ1) is 4.97. The summed E-state index contributed by atoms with van der Waals surface area (Å²) in [5, 5.41) is 9.97. The summed E-state index contributed by atoms with van der Waals surface area (Å²) in [4.78, 5) is 4.07. The molecule has 0 aliphatic carbocycles. The molecule has 2 heterocycles. The third-order valence-corrected chi connectivity index (χ3v) is 1.82. The van der Waals surface area contributed by atoms with Crippen molar-refractivity contribution in [2.45, 2.75) is 18.9 Å². The molecule has 2 N–H and O–H groups in total. The second kappa shape index (κ2) is 3.82. The molecule has 0 unspecified atom stereocenters. The molecule has 0 saturated carbocycles. The Kier molecular flexibility index (Phi) is 3.02. The largest absolute Gasteiger partial charge is 0.307 e. The molecule has 0 spiro atoms. The smallest absolute Gasteiger partial charge is 0.141 e. The van der Waals surface area contributed by atoms with Crippen molar-refractivity contribution in [2.24, 2.45) is 0 Å². The highest BCUT2D eigenvalue weighted by atomic mass is 79.9. The Morgan fingerprint density at radius 3 is 3.00 bits per heavy atom. The second-order valence-electron chi connectivity index (χ2n) is 2.52. The van der Waals surface area contributed by atoms with E-state index in [4.69, 9.17) is 0 Å². The van der Waals surface area contributed by atoms with E-state index in [1.54, 1.807) is 6.33 Å². The summed E-state index contributed by atoms with van der Waals surface area (Å²) in [5.41, 5.74) is 0. The van der Waals surface area contributed by atoms with Crippen molar-refractivity contribution in [3.05, 3.63) is 12.2 Å². The molecule has 0 bridgehead atoms. The van der Waals surface area contributed by atoms with Crippen LogP contribution >= 0.6 is 17.0 Å². The molecular weight excluding hydrogens is 208 g/mol. The number of halogens is 1. The van der Waals surface area contributed by atoms with E-state index < -0.39 is 0 Å². The van der Waals surface area contributed by atoms with Gasteiger partial charge in [0.15, 0.2) is 0 Å². The van der Waals surface area contributed by atoms with Crippen molar-refractivity contribution in [1.82, 2.24) is 20.5 Å². The minimum Gasteiger partial charge on any atom is -0.307 e. The van der Waals surface area contributed by atoms with E-state index in [-0.39, 0.29) is 17.0 Å². The Hall–Kier alpha value is -0.420. The van der Waals surface area contributed by atoms with Gasteiger partial charge in [0, 0.05) is 0 Å². The predicted molar refractivity (Wildman–Crippen MR) is 46.7 cm³/mol. The Morgan fingerprint density at radius 1 is 1.55 bits per heavy atom. The van der Waals surface area contributed by atoms with E-state index in [0.717, 1.165) is 12.4 Å². The molecule has 5 heteroatoms. The fraction of sp³-hybridized carbons (Fsp3) is 0.667. The zero-order chi connectivity index (χ0) is 6.81. The van der Waals surface area contributed by atoms with E-state index in [9.17, 15) is 0 Å². The summed E-state index contributed by atoms with van der Waals surface area (Å²) >= 11 is 0. The number of hydrogen-bond donors (Lipinski definition) is 2. The lowest BCUT2D eigenvalue weighted by atomic mass is 10.2. The maximum atomic E-state index is 4.07. The molecular formula is C6H11BrN4. The lowest BCUT2D eigenvalue weighted by Gasteiger charge is -2.03. The first kappa shape index (κ1) is 8.67. The number of rotatable bonds is 1. The summed E-state index contributed by atoms with van der Waals surface area (Å²) < 4.78 is 0. The highest BCUT2D eigenvalue weighted by molar-refractivity contribution is 8.93. The average molecular weight is 219 g/mol. The van der Waals surface area contributed by atoms with Crippen molar-refractivity contribution in [2.75, 3.05) is 6.54 Å². The molecule has 11 heavy (non-hydrogen) atoms. The minimum atomic E-state index is 0. The molecule has 1 aliphatic rings. The molecule has 0 aromatic carbocycles. The van der Waals surface area contributed by atoms with Gasteiger partial charge in [-0.05, 0) is 19.4 Å². The Labute approximate surface area is 75.6 Å². The summed E-state index contributed by atoms with van der Waals surface area (Å²) in [6.45, 7) is 1.10. The third kappa shape index (κ3) is 1.78. The van der Waals surface area contributed by atoms with Gasteiger partial charge in [0.2, 0.25) is 0 Å².